The van der Waals surface area contributed by atoms with Gasteiger partial charge < -0.3 is 10.8 Å². The van der Waals surface area contributed by atoms with E-state index < -0.39 is 0 Å². The highest BCUT2D eigenvalue weighted by atomic mass is 16.3. The standard InChI is InChI=1S/C15H20N2O/c1-11-7-13(8-12(9-16)14(11)18)15(10-17)5-3-2-4-6-15/h7-8,18H,2-6,10,17H2,1H3. The molecule has 0 radical (unpaired) electrons. The molecule has 0 bridgehead atoms. The topological polar surface area (TPSA) is 70.0 Å². The molecule has 1 aromatic rings. The van der Waals surface area contributed by atoms with Crippen molar-refractivity contribution in [2.75, 3.05) is 6.54 Å². The van der Waals surface area contributed by atoms with Crippen molar-refractivity contribution in [3.63, 3.8) is 0 Å². The van der Waals surface area contributed by atoms with Gasteiger partial charge in [-0.05, 0) is 37.0 Å². The normalized spacial score (nSPS) is 18.3. The summed E-state index contributed by atoms with van der Waals surface area (Å²) in [5.41, 5.74) is 8.26. The van der Waals surface area contributed by atoms with Crippen molar-refractivity contribution in [2.24, 2.45) is 5.73 Å². The number of nitrogens with two attached hydrogens (primary N) is 1. The summed E-state index contributed by atoms with van der Waals surface area (Å²) < 4.78 is 0. The average Bonchev–Trinajstić information content (AvgIpc) is 2.42. The molecule has 3 nitrogen and oxygen atoms in total. The molecule has 18 heavy (non-hydrogen) atoms. The predicted molar refractivity (Wildman–Crippen MR) is 71.4 cm³/mol. The van der Waals surface area contributed by atoms with Gasteiger partial charge in [0.2, 0.25) is 0 Å². The van der Waals surface area contributed by atoms with Gasteiger partial charge in [-0.1, -0.05) is 25.3 Å². The van der Waals surface area contributed by atoms with Crippen molar-refractivity contribution in [1.29, 1.82) is 5.26 Å². The summed E-state index contributed by atoms with van der Waals surface area (Å²) in [5, 5.41) is 18.9. The summed E-state index contributed by atoms with van der Waals surface area (Å²) in [7, 11) is 0. The number of rotatable bonds is 2. The molecule has 0 unspecified atom stereocenters. The lowest BCUT2D eigenvalue weighted by Gasteiger charge is -2.37. The van der Waals surface area contributed by atoms with Crippen LogP contribution in [-0.4, -0.2) is 11.7 Å². The predicted octanol–water partition coefficient (Wildman–Crippen LogP) is 2.73. The van der Waals surface area contributed by atoms with Gasteiger partial charge in [-0.15, -0.1) is 0 Å². The third-order valence-electron chi connectivity index (χ3n) is 4.23. The molecule has 1 aromatic carbocycles. The van der Waals surface area contributed by atoms with E-state index in [4.69, 9.17) is 11.0 Å². The molecule has 0 heterocycles. The molecular formula is C15H20N2O. The molecule has 96 valence electrons. The van der Waals surface area contributed by atoms with Crippen molar-refractivity contribution in [1.82, 2.24) is 0 Å². The van der Waals surface area contributed by atoms with Crippen LogP contribution in [0.15, 0.2) is 12.1 Å². The second kappa shape index (κ2) is 4.99. The molecule has 0 spiro atoms. The van der Waals surface area contributed by atoms with Gasteiger partial charge >= 0.3 is 0 Å². The lowest BCUT2D eigenvalue weighted by molar-refractivity contribution is 0.300. The van der Waals surface area contributed by atoms with E-state index in [2.05, 4.69) is 6.07 Å². The first-order chi connectivity index (χ1) is 8.63. The van der Waals surface area contributed by atoms with Gasteiger partial charge in [0.25, 0.3) is 0 Å². The first-order valence-corrected chi connectivity index (χ1v) is 6.57. The van der Waals surface area contributed by atoms with Gasteiger partial charge in [0.15, 0.2) is 0 Å². The van der Waals surface area contributed by atoms with Crippen LogP contribution in [0.1, 0.15) is 48.8 Å². The molecule has 3 N–H and O–H groups in total. The highest BCUT2D eigenvalue weighted by molar-refractivity contribution is 5.51. The van der Waals surface area contributed by atoms with E-state index in [0.29, 0.717) is 12.1 Å². The lowest BCUT2D eigenvalue weighted by Crippen LogP contribution is -2.37. The van der Waals surface area contributed by atoms with E-state index >= 15 is 0 Å². The Morgan fingerprint density at radius 3 is 2.56 bits per heavy atom. The van der Waals surface area contributed by atoms with Crippen LogP contribution in [0, 0.1) is 18.3 Å². The smallest absolute Gasteiger partial charge is 0.136 e. The maximum absolute atomic E-state index is 9.82. The number of aryl methyl sites for hydroxylation is 1. The van der Waals surface area contributed by atoms with Crippen molar-refractivity contribution in [3.8, 4) is 11.8 Å². The molecule has 1 saturated carbocycles. The van der Waals surface area contributed by atoms with Crippen molar-refractivity contribution in [2.45, 2.75) is 44.4 Å². The summed E-state index contributed by atoms with van der Waals surface area (Å²) in [4.78, 5) is 0. The van der Waals surface area contributed by atoms with Gasteiger partial charge in [0.1, 0.15) is 11.8 Å². The van der Waals surface area contributed by atoms with Gasteiger partial charge in [0, 0.05) is 12.0 Å². The zero-order chi connectivity index (χ0) is 13.2. The molecule has 0 atom stereocenters. The molecule has 0 saturated heterocycles. The number of benzene rings is 1. The van der Waals surface area contributed by atoms with Gasteiger partial charge in [-0.2, -0.15) is 5.26 Å². The average molecular weight is 244 g/mol. The third kappa shape index (κ3) is 2.09. The molecular weight excluding hydrogens is 224 g/mol. The Hall–Kier alpha value is -1.53. The minimum atomic E-state index is 0.00229. The van der Waals surface area contributed by atoms with Gasteiger partial charge in [0.05, 0.1) is 5.56 Å². The van der Waals surface area contributed by atoms with E-state index in [1.165, 1.54) is 19.3 Å². The van der Waals surface area contributed by atoms with E-state index in [1.54, 1.807) is 0 Å². The Balaban J connectivity index is 2.49. The molecule has 3 heteroatoms. The molecule has 0 aromatic heterocycles. The number of nitrogens with zero attached hydrogens (tertiary/aromatic N) is 1. The van der Waals surface area contributed by atoms with E-state index in [1.807, 2.05) is 19.1 Å². The van der Waals surface area contributed by atoms with E-state index in [0.717, 1.165) is 24.0 Å². The van der Waals surface area contributed by atoms with E-state index in [-0.39, 0.29) is 11.2 Å². The fourth-order valence-corrected chi connectivity index (χ4v) is 3.01. The maximum atomic E-state index is 9.82. The fraction of sp³-hybridized carbons (Fsp3) is 0.533. The summed E-state index contributed by atoms with van der Waals surface area (Å²) in [6.07, 6.45) is 5.82. The van der Waals surface area contributed by atoms with Crippen molar-refractivity contribution >= 4 is 0 Å². The zero-order valence-corrected chi connectivity index (χ0v) is 10.9. The molecule has 0 aliphatic heterocycles. The molecule has 1 aliphatic carbocycles. The number of phenols is 1. The number of nitriles is 1. The number of aromatic hydroxyl groups is 1. The second-order valence-electron chi connectivity index (χ2n) is 5.35. The molecule has 0 amide bonds. The number of hydrogen-bond acceptors (Lipinski definition) is 3. The van der Waals surface area contributed by atoms with Crippen LogP contribution in [0.5, 0.6) is 5.75 Å². The zero-order valence-electron chi connectivity index (χ0n) is 10.9. The second-order valence-corrected chi connectivity index (χ2v) is 5.35. The maximum Gasteiger partial charge on any atom is 0.136 e. The Morgan fingerprint density at radius 2 is 2.00 bits per heavy atom. The fourth-order valence-electron chi connectivity index (χ4n) is 3.01. The van der Waals surface area contributed by atoms with Crippen LogP contribution < -0.4 is 5.73 Å². The van der Waals surface area contributed by atoms with Crippen LogP contribution in [0.4, 0.5) is 0 Å². The van der Waals surface area contributed by atoms with Crippen LogP contribution in [-0.2, 0) is 5.41 Å². The monoisotopic (exact) mass is 244 g/mol. The summed E-state index contributed by atoms with van der Waals surface area (Å²) in [6, 6.07) is 5.88. The minimum Gasteiger partial charge on any atom is -0.506 e. The molecule has 2 rings (SSSR count). The summed E-state index contributed by atoms with van der Waals surface area (Å²) in [5.74, 6) is 0.101. The lowest BCUT2D eigenvalue weighted by atomic mass is 9.69. The molecule has 1 aliphatic rings. The number of phenolic OH excluding ortho intramolecular Hbond substituents is 1. The van der Waals surface area contributed by atoms with Gasteiger partial charge in [-0.3, -0.25) is 0 Å². The van der Waals surface area contributed by atoms with Crippen LogP contribution in [0.3, 0.4) is 0 Å². The highest BCUT2D eigenvalue weighted by Gasteiger charge is 2.33. The number of hydrogen-bond donors (Lipinski definition) is 2. The minimum absolute atomic E-state index is 0.00229. The van der Waals surface area contributed by atoms with Crippen LogP contribution in [0.25, 0.3) is 0 Å². The summed E-state index contributed by atoms with van der Waals surface area (Å²) >= 11 is 0. The molecule has 1 fully saturated rings. The largest absolute Gasteiger partial charge is 0.506 e. The SMILES string of the molecule is Cc1cc(C2(CN)CCCCC2)cc(C#N)c1O. The van der Waals surface area contributed by atoms with Crippen molar-refractivity contribution < 1.29 is 5.11 Å². The first-order valence-electron chi connectivity index (χ1n) is 6.57. The first kappa shape index (κ1) is 12.9. The van der Waals surface area contributed by atoms with E-state index in [9.17, 15) is 5.11 Å². The Bertz CT molecular complexity index is 482. The van der Waals surface area contributed by atoms with Gasteiger partial charge in [-0.25, -0.2) is 0 Å². The quantitative estimate of drug-likeness (QED) is 0.840. The summed E-state index contributed by atoms with van der Waals surface area (Å²) in [6.45, 7) is 2.45. The Labute approximate surface area is 108 Å². The van der Waals surface area contributed by atoms with Crippen LogP contribution in [0.2, 0.25) is 0 Å². The highest BCUT2D eigenvalue weighted by Crippen LogP contribution is 2.40. The van der Waals surface area contributed by atoms with Crippen LogP contribution >= 0.6 is 0 Å². The van der Waals surface area contributed by atoms with Crippen molar-refractivity contribution in [3.05, 3.63) is 28.8 Å². The third-order valence-corrected chi connectivity index (χ3v) is 4.23. The Kier molecular flexibility index (Phi) is 3.58. The Morgan fingerprint density at radius 1 is 1.33 bits per heavy atom.